The van der Waals surface area contributed by atoms with Crippen LogP contribution in [0.1, 0.15) is 11.1 Å². The summed E-state index contributed by atoms with van der Waals surface area (Å²) in [5.74, 6) is 0. The van der Waals surface area contributed by atoms with Crippen molar-refractivity contribution in [2.75, 3.05) is 13.2 Å². The zero-order chi connectivity index (χ0) is 9.38. The van der Waals surface area contributed by atoms with E-state index in [9.17, 15) is 0 Å². The van der Waals surface area contributed by atoms with Gasteiger partial charge < -0.3 is 9.47 Å². The molecule has 2 atom stereocenters. The van der Waals surface area contributed by atoms with Crippen molar-refractivity contribution in [1.82, 2.24) is 0 Å². The summed E-state index contributed by atoms with van der Waals surface area (Å²) in [6, 6.07) is 8.60. The zero-order valence-corrected chi connectivity index (χ0v) is 8.11. The van der Waals surface area contributed by atoms with Crippen LogP contribution in [0.4, 0.5) is 0 Å². The Morgan fingerprint density at radius 2 is 1.36 bits per heavy atom. The molecule has 3 rings (SSSR count). The Kier molecular flexibility index (Phi) is 2.03. The fraction of sp³-hybridized carbons (Fsp3) is 0.500. The van der Waals surface area contributed by atoms with Crippen LogP contribution in [0.5, 0.6) is 0 Å². The second-order valence-corrected chi connectivity index (χ2v) is 4.00. The van der Waals surface area contributed by atoms with Gasteiger partial charge in [0.05, 0.1) is 25.4 Å². The van der Waals surface area contributed by atoms with E-state index in [2.05, 4.69) is 24.3 Å². The lowest BCUT2D eigenvalue weighted by Crippen LogP contribution is -2.44. The summed E-state index contributed by atoms with van der Waals surface area (Å²) in [6.07, 6.45) is 2.61. The Bertz CT molecular complexity index is 302. The van der Waals surface area contributed by atoms with Gasteiger partial charge in [0.2, 0.25) is 0 Å². The average molecular weight is 190 g/mol. The summed E-state index contributed by atoms with van der Waals surface area (Å²) < 4.78 is 11.4. The lowest BCUT2D eigenvalue weighted by Gasteiger charge is -2.36. The summed E-state index contributed by atoms with van der Waals surface area (Å²) in [5.41, 5.74) is 2.86. The molecule has 2 heteroatoms. The maximum absolute atomic E-state index is 5.71. The molecular formula is C12H14O2. The van der Waals surface area contributed by atoms with Crippen molar-refractivity contribution in [1.29, 1.82) is 0 Å². The van der Waals surface area contributed by atoms with Crippen LogP contribution in [0.25, 0.3) is 0 Å². The molecule has 1 heterocycles. The maximum atomic E-state index is 5.71. The first kappa shape index (κ1) is 8.45. The molecule has 2 unspecified atom stereocenters. The Morgan fingerprint density at radius 1 is 0.857 bits per heavy atom. The molecule has 1 aromatic rings. The lowest BCUT2D eigenvalue weighted by molar-refractivity contribution is -0.141. The van der Waals surface area contributed by atoms with Gasteiger partial charge in [-0.15, -0.1) is 0 Å². The fourth-order valence-electron chi connectivity index (χ4n) is 2.38. The van der Waals surface area contributed by atoms with Crippen LogP contribution in [0.3, 0.4) is 0 Å². The maximum Gasteiger partial charge on any atom is 0.0881 e. The first-order valence-electron chi connectivity index (χ1n) is 5.23. The van der Waals surface area contributed by atoms with E-state index in [-0.39, 0.29) is 0 Å². The molecule has 1 aliphatic heterocycles. The first-order valence-corrected chi connectivity index (χ1v) is 5.23. The zero-order valence-electron chi connectivity index (χ0n) is 8.11. The smallest absolute Gasteiger partial charge is 0.0881 e. The Morgan fingerprint density at radius 3 is 1.86 bits per heavy atom. The number of fused-ring (bicyclic) bond motifs is 2. The summed E-state index contributed by atoms with van der Waals surface area (Å²) in [5, 5.41) is 0. The highest BCUT2D eigenvalue weighted by atomic mass is 16.6. The minimum absolute atomic E-state index is 0.290. The molecule has 2 nitrogen and oxygen atoms in total. The number of hydrogen-bond acceptors (Lipinski definition) is 2. The highest BCUT2D eigenvalue weighted by Crippen LogP contribution is 2.27. The second-order valence-electron chi connectivity index (χ2n) is 4.00. The summed E-state index contributed by atoms with van der Waals surface area (Å²) in [7, 11) is 0. The molecule has 0 radical (unpaired) electrons. The Labute approximate surface area is 83.8 Å². The van der Waals surface area contributed by atoms with E-state index in [1.54, 1.807) is 0 Å². The van der Waals surface area contributed by atoms with Gasteiger partial charge in [0.15, 0.2) is 0 Å². The van der Waals surface area contributed by atoms with Gasteiger partial charge >= 0.3 is 0 Å². The molecule has 1 saturated heterocycles. The van der Waals surface area contributed by atoms with Crippen molar-refractivity contribution in [3.8, 4) is 0 Å². The summed E-state index contributed by atoms with van der Waals surface area (Å²) in [6.45, 7) is 1.51. The van der Waals surface area contributed by atoms with E-state index in [0.29, 0.717) is 12.2 Å². The Hall–Kier alpha value is -0.860. The van der Waals surface area contributed by atoms with Crippen LogP contribution in [0.15, 0.2) is 24.3 Å². The molecule has 0 bridgehead atoms. The molecule has 2 aliphatic rings. The van der Waals surface area contributed by atoms with Crippen molar-refractivity contribution >= 4 is 0 Å². The van der Waals surface area contributed by atoms with Gasteiger partial charge in [0, 0.05) is 12.8 Å². The van der Waals surface area contributed by atoms with Crippen molar-refractivity contribution in [2.45, 2.75) is 25.0 Å². The lowest BCUT2D eigenvalue weighted by atomic mass is 9.87. The van der Waals surface area contributed by atoms with Gasteiger partial charge in [-0.3, -0.25) is 0 Å². The van der Waals surface area contributed by atoms with E-state index in [4.69, 9.17) is 9.47 Å². The van der Waals surface area contributed by atoms with Gasteiger partial charge in [-0.05, 0) is 11.1 Å². The van der Waals surface area contributed by atoms with Gasteiger partial charge in [0.25, 0.3) is 0 Å². The normalized spacial score (nSPS) is 30.6. The molecule has 0 saturated carbocycles. The van der Waals surface area contributed by atoms with Gasteiger partial charge in [-0.2, -0.15) is 0 Å². The average Bonchev–Trinajstić information content (AvgIpc) is 2.26. The first-order chi connectivity index (χ1) is 6.93. The number of rotatable bonds is 0. The van der Waals surface area contributed by atoms with E-state index in [0.717, 1.165) is 26.1 Å². The van der Waals surface area contributed by atoms with E-state index >= 15 is 0 Å². The Balaban J connectivity index is 1.91. The molecule has 0 N–H and O–H groups in total. The molecule has 14 heavy (non-hydrogen) atoms. The monoisotopic (exact) mass is 190 g/mol. The minimum Gasteiger partial charge on any atom is -0.373 e. The van der Waals surface area contributed by atoms with Gasteiger partial charge in [0.1, 0.15) is 0 Å². The fourth-order valence-corrected chi connectivity index (χ4v) is 2.38. The van der Waals surface area contributed by atoms with Crippen LogP contribution >= 0.6 is 0 Å². The second kappa shape index (κ2) is 3.37. The van der Waals surface area contributed by atoms with Gasteiger partial charge in [-0.1, -0.05) is 24.3 Å². The molecule has 0 aromatic heterocycles. The molecule has 74 valence electrons. The van der Waals surface area contributed by atoms with Crippen LogP contribution in [-0.4, -0.2) is 25.4 Å². The van der Waals surface area contributed by atoms with Crippen molar-refractivity contribution in [2.24, 2.45) is 0 Å². The van der Waals surface area contributed by atoms with E-state index in [1.807, 2.05) is 0 Å². The number of benzene rings is 1. The molecule has 0 amide bonds. The molecule has 1 fully saturated rings. The van der Waals surface area contributed by atoms with E-state index < -0.39 is 0 Å². The van der Waals surface area contributed by atoms with Crippen LogP contribution in [0.2, 0.25) is 0 Å². The topological polar surface area (TPSA) is 18.5 Å². The van der Waals surface area contributed by atoms with E-state index in [1.165, 1.54) is 11.1 Å². The highest BCUT2D eigenvalue weighted by molar-refractivity contribution is 5.31. The molecule has 0 spiro atoms. The summed E-state index contributed by atoms with van der Waals surface area (Å²) >= 11 is 0. The standard InChI is InChI=1S/C12H14O2/c1-2-4-10-8-12-11(7-9(10)3-1)13-5-6-14-12/h1-4,11-12H,5-8H2. The van der Waals surface area contributed by atoms with Gasteiger partial charge in [-0.25, -0.2) is 0 Å². The SMILES string of the molecule is c1ccc2c(c1)CC1OCCOC1C2. The largest absolute Gasteiger partial charge is 0.373 e. The van der Waals surface area contributed by atoms with Crippen LogP contribution in [-0.2, 0) is 22.3 Å². The van der Waals surface area contributed by atoms with Crippen molar-refractivity contribution in [3.05, 3.63) is 35.4 Å². The summed E-state index contributed by atoms with van der Waals surface area (Å²) in [4.78, 5) is 0. The molecule has 1 aliphatic carbocycles. The van der Waals surface area contributed by atoms with Crippen LogP contribution < -0.4 is 0 Å². The highest BCUT2D eigenvalue weighted by Gasteiger charge is 2.31. The van der Waals surface area contributed by atoms with Crippen LogP contribution in [0, 0.1) is 0 Å². The third-order valence-electron chi connectivity index (χ3n) is 3.12. The molecular weight excluding hydrogens is 176 g/mol. The molecule has 1 aromatic carbocycles. The number of ether oxygens (including phenoxy) is 2. The number of hydrogen-bond donors (Lipinski definition) is 0. The predicted octanol–water partition coefficient (Wildman–Crippen LogP) is 1.57. The third-order valence-corrected chi connectivity index (χ3v) is 3.12. The quantitative estimate of drug-likeness (QED) is 0.618. The predicted molar refractivity (Wildman–Crippen MR) is 53.3 cm³/mol. The minimum atomic E-state index is 0.290. The van der Waals surface area contributed by atoms with Crippen molar-refractivity contribution in [3.63, 3.8) is 0 Å². The van der Waals surface area contributed by atoms with Crippen molar-refractivity contribution < 1.29 is 9.47 Å². The third kappa shape index (κ3) is 1.35.